The maximum absolute atomic E-state index is 13.0. The van der Waals surface area contributed by atoms with Gasteiger partial charge in [-0.25, -0.2) is 0 Å². The molecule has 8 heteroatoms. The number of hydrogen-bond acceptors (Lipinski definition) is 6. The third kappa shape index (κ3) is 2.35. The predicted octanol–water partition coefficient (Wildman–Crippen LogP) is 0.764. The van der Waals surface area contributed by atoms with Gasteiger partial charge in [-0.2, -0.15) is 0 Å². The summed E-state index contributed by atoms with van der Waals surface area (Å²) >= 11 is 0. The second kappa shape index (κ2) is 5.77. The van der Waals surface area contributed by atoms with Crippen LogP contribution in [0.25, 0.3) is 0 Å². The maximum Gasteiger partial charge on any atom is 0.250 e. The van der Waals surface area contributed by atoms with Gasteiger partial charge in [0.15, 0.2) is 0 Å². The van der Waals surface area contributed by atoms with E-state index >= 15 is 0 Å². The zero-order valence-electron chi connectivity index (χ0n) is 13.7. The van der Waals surface area contributed by atoms with Crippen LogP contribution in [0.1, 0.15) is 38.8 Å². The molecule has 0 atom stereocenters. The van der Waals surface area contributed by atoms with Crippen LogP contribution in [0.2, 0.25) is 0 Å². The van der Waals surface area contributed by atoms with Gasteiger partial charge in [0, 0.05) is 11.3 Å². The Morgan fingerprint density at radius 3 is 2.35 bits per heavy atom. The first-order valence-electron chi connectivity index (χ1n) is 7.48. The van der Waals surface area contributed by atoms with Gasteiger partial charge in [-0.1, -0.05) is 12.0 Å². The van der Waals surface area contributed by atoms with Gasteiger partial charge >= 0.3 is 0 Å². The maximum atomic E-state index is 13.0. The molecule has 0 aromatic heterocycles. The summed E-state index contributed by atoms with van der Waals surface area (Å²) in [6.45, 7) is 4.96. The predicted molar refractivity (Wildman–Crippen MR) is 96.3 cm³/mol. The normalized spacial score (nSPS) is 12.3. The van der Waals surface area contributed by atoms with E-state index in [9.17, 15) is 24.6 Å². The van der Waals surface area contributed by atoms with Crippen molar-refractivity contribution in [3.63, 3.8) is 0 Å². The molecule has 26 heavy (non-hydrogen) atoms. The standard InChI is InChI=1S/C18H13BN2O5/c1-6(2)18(26)21-9-5-7(19)15(23)14-12(9)17(25)13-10(22)4-3-8(20)11(13)16(14)24/h3-5,22-23H,1,20H2,2H3,(H,21,26). The molecule has 0 fully saturated rings. The monoisotopic (exact) mass is 348 g/mol. The molecule has 3 rings (SSSR count). The van der Waals surface area contributed by atoms with E-state index < -0.39 is 29.0 Å². The summed E-state index contributed by atoms with van der Waals surface area (Å²) in [6, 6.07) is 3.62. The zero-order chi connectivity index (χ0) is 19.3. The summed E-state index contributed by atoms with van der Waals surface area (Å²) in [5.41, 5.74) is 4.47. The lowest BCUT2D eigenvalue weighted by Crippen LogP contribution is -2.28. The molecule has 0 unspecified atom stereocenters. The Morgan fingerprint density at radius 1 is 1.12 bits per heavy atom. The molecule has 0 bridgehead atoms. The lowest BCUT2D eigenvalue weighted by molar-refractivity contribution is -0.112. The topological polar surface area (TPSA) is 130 Å². The fourth-order valence-corrected chi connectivity index (χ4v) is 2.81. The fourth-order valence-electron chi connectivity index (χ4n) is 2.81. The molecule has 2 radical (unpaired) electrons. The van der Waals surface area contributed by atoms with E-state index in [1.54, 1.807) is 0 Å². The summed E-state index contributed by atoms with van der Waals surface area (Å²) in [6.07, 6.45) is 0. The Morgan fingerprint density at radius 2 is 1.73 bits per heavy atom. The SMILES string of the molecule is [B]c1cc(NC(=O)C(=C)C)c2c(c1O)C(=O)c1c(N)ccc(O)c1C2=O. The Balaban J connectivity index is 2.35. The highest BCUT2D eigenvalue weighted by molar-refractivity contribution is 6.40. The third-order valence-corrected chi connectivity index (χ3v) is 4.09. The highest BCUT2D eigenvalue weighted by Gasteiger charge is 2.38. The average molecular weight is 348 g/mol. The van der Waals surface area contributed by atoms with Crippen molar-refractivity contribution in [1.29, 1.82) is 0 Å². The molecule has 0 spiro atoms. The summed E-state index contributed by atoms with van der Waals surface area (Å²) in [5.74, 6) is -3.18. The quantitative estimate of drug-likeness (QED) is 0.234. The minimum atomic E-state index is -0.779. The van der Waals surface area contributed by atoms with Crippen molar-refractivity contribution in [2.24, 2.45) is 0 Å². The molecule has 1 aliphatic rings. The van der Waals surface area contributed by atoms with Crippen molar-refractivity contribution in [2.45, 2.75) is 6.92 Å². The fraction of sp³-hybridized carbons (Fsp3) is 0.0556. The number of nitrogens with two attached hydrogens (primary N) is 1. The van der Waals surface area contributed by atoms with Gasteiger partial charge in [0.1, 0.15) is 19.3 Å². The minimum Gasteiger partial charge on any atom is -0.508 e. The van der Waals surface area contributed by atoms with Crippen LogP contribution < -0.4 is 16.5 Å². The molecule has 128 valence electrons. The Hall–Kier alpha value is -3.55. The van der Waals surface area contributed by atoms with Gasteiger partial charge in [0.05, 0.1) is 27.9 Å². The summed E-state index contributed by atoms with van der Waals surface area (Å²) < 4.78 is 0. The number of nitrogen functional groups attached to an aromatic ring is 1. The van der Waals surface area contributed by atoms with Crippen LogP contribution in [0, 0.1) is 0 Å². The molecular weight excluding hydrogens is 335 g/mol. The second-order valence-electron chi connectivity index (χ2n) is 5.93. The molecule has 0 heterocycles. The molecule has 0 aliphatic heterocycles. The lowest BCUT2D eigenvalue weighted by Gasteiger charge is -2.24. The number of carbonyl (C=O) groups excluding carboxylic acids is 3. The Bertz CT molecular complexity index is 1040. The van der Waals surface area contributed by atoms with Crippen LogP contribution in [0.4, 0.5) is 11.4 Å². The van der Waals surface area contributed by atoms with Crippen molar-refractivity contribution in [2.75, 3.05) is 11.1 Å². The number of benzene rings is 2. The third-order valence-electron chi connectivity index (χ3n) is 4.09. The van der Waals surface area contributed by atoms with E-state index in [-0.39, 0.29) is 44.7 Å². The van der Waals surface area contributed by atoms with Gasteiger partial charge in [-0.05, 0) is 25.1 Å². The first kappa shape index (κ1) is 17.3. The molecule has 7 nitrogen and oxygen atoms in total. The van der Waals surface area contributed by atoms with Crippen molar-refractivity contribution in [3.05, 3.63) is 52.6 Å². The van der Waals surface area contributed by atoms with Gasteiger partial charge in [0.25, 0.3) is 5.91 Å². The van der Waals surface area contributed by atoms with E-state index in [2.05, 4.69) is 11.9 Å². The van der Waals surface area contributed by atoms with Crippen molar-refractivity contribution in [3.8, 4) is 11.5 Å². The van der Waals surface area contributed by atoms with E-state index in [1.165, 1.54) is 19.1 Å². The number of carbonyl (C=O) groups is 3. The largest absolute Gasteiger partial charge is 0.508 e. The molecule has 0 saturated carbocycles. The van der Waals surface area contributed by atoms with Gasteiger partial charge < -0.3 is 21.3 Å². The van der Waals surface area contributed by atoms with E-state index in [0.29, 0.717) is 0 Å². The van der Waals surface area contributed by atoms with Gasteiger partial charge in [-0.15, -0.1) is 0 Å². The number of rotatable bonds is 2. The van der Waals surface area contributed by atoms with Crippen molar-refractivity contribution >= 4 is 42.2 Å². The van der Waals surface area contributed by atoms with Gasteiger partial charge in [0.2, 0.25) is 11.6 Å². The Labute approximate surface area is 149 Å². The number of amides is 1. The molecule has 2 aromatic rings. The smallest absolute Gasteiger partial charge is 0.250 e. The molecule has 5 N–H and O–H groups in total. The summed E-state index contributed by atoms with van der Waals surface area (Å²) in [5, 5.41) is 22.8. The number of nitrogens with one attached hydrogen (secondary N) is 1. The molecule has 1 aliphatic carbocycles. The summed E-state index contributed by atoms with van der Waals surface area (Å²) in [7, 11) is 5.72. The van der Waals surface area contributed by atoms with Crippen LogP contribution in [0.5, 0.6) is 11.5 Å². The highest BCUT2D eigenvalue weighted by atomic mass is 16.3. The number of fused-ring (bicyclic) bond motifs is 2. The number of aromatic hydroxyl groups is 2. The number of phenols is 2. The number of phenolic OH excluding ortho intramolecular Hbond substituents is 2. The van der Waals surface area contributed by atoms with Gasteiger partial charge in [-0.3, -0.25) is 14.4 Å². The van der Waals surface area contributed by atoms with Crippen LogP contribution in [-0.2, 0) is 4.79 Å². The van der Waals surface area contributed by atoms with Crippen molar-refractivity contribution in [1.82, 2.24) is 0 Å². The molecule has 2 aromatic carbocycles. The highest BCUT2D eigenvalue weighted by Crippen LogP contribution is 2.40. The van der Waals surface area contributed by atoms with Crippen LogP contribution in [-0.4, -0.2) is 35.5 Å². The first-order valence-corrected chi connectivity index (χ1v) is 7.48. The number of hydrogen-bond donors (Lipinski definition) is 4. The lowest BCUT2D eigenvalue weighted by atomic mass is 9.78. The van der Waals surface area contributed by atoms with E-state index in [4.69, 9.17) is 13.6 Å². The molecule has 1 amide bonds. The molecule has 0 saturated heterocycles. The summed E-state index contributed by atoms with van der Waals surface area (Å²) in [4.78, 5) is 37.8. The first-order chi connectivity index (χ1) is 12.1. The number of anilines is 2. The van der Waals surface area contributed by atoms with E-state index in [0.717, 1.165) is 6.07 Å². The number of ketones is 2. The van der Waals surface area contributed by atoms with E-state index in [1.807, 2.05) is 0 Å². The van der Waals surface area contributed by atoms with Crippen molar-refractivity contribution < 1.29 is 24.6 Å². The molecular formula is C18H13BN2O5. The minimum absolute atomic E-state index is 0.0313. The van der Waals surface area contributed by atoms with Crippen LogP contribution in [0.15, 0.2) is 30.4 Å². The zero-order valence-corrected chi connectivity index (χ0v) is 13.7. The average Bonchev–Trinajstić information content (AvgIpc) is 2.57. The van der Waals surface area contributed by atoms with Crippen LogP contribution in [0.3, 0.4) is 0 Å². The second-order valence-corrected chi connectivity index (χ2v) is 5.93. The Kier molecular flexibility index (Phi) is 3.83. The van der Waals surface area contributed by atoms with Crippen LogP contribution >= 0.6 is 0 Å².